The van der Waals surface area contributed by atoms with Gasteiger partial charge in [0.25, 0.3) is 0 Å². The zero-order valence-corrected chi connectivity index (χ0v) is 8.72. The van der Waals surface area contributed by atoms with Gasteiger partial charge in [0, 0.05) is 6.54 Å². The maximum atomic E-state index is 11.1. The third kappa shape index (κ3) is 8.92. The molecule has 0 aromatic heterocycles. The van der Waals surface area contributed by atoms with E-state index in [1.807, 2.05) is 26.8 Å². The van der Waals surface area contributed by atoms with Crippen molar-refractivity contribution in [3.05, 3.63) is 12.7 Å². The van der Waals surface area contributed by atoms with E-state index >= 15 is 0 Å². The lowest BCUT2D eigenvalue weighted by Crippen LogP contribution is -2.32. The quantitative estimate of drug-likeness (QED) is 0.539. The number of hydrogen-bond donors (Lipinski definition) is 1. The Morgan fingerprint density at radius 2 is 2.15 bits per heavy atom. The zero-order chi connectivity index (χ0) is 10.3. The first-order valence-electron chi connectivity index (χ1n) is 4.53. The van der Waals surface area contributed by atoms with Crippen LogP contribution in [-0.2, 0) is 4.74 Å². The van der Waals surface area contributed by atoms with Gasteiger partial charge in [-0.2, -0.15) is 0 Å². The Morgan fingerprint density at radius 1 is 1.54 bits per heavy atom. The number of rotatable bonds is 4. The molecule has 0 spiro atoms. The van der Waals surface area contributed by atoms with Gasteiger partial charge in [-0.15, -0.1) is 6.58 Å². The van der Waals surface area contributed by atoms with Gasteiger partial charge in [0.1, 0.15) is 5.60 Å². The van der Waals surface area contributed by atoms with Gasteiger partial charge >= 0.3 is 6.09 Å². The fraction of sp³-hybridized carbons (Fsp3) is 0.700. The largest absolute Gasteiger partial charge is 0.444 e. The van der Waals surface area contributed by atoms with E-state index in [4.69, 9.17) is 4.74 Å². The number of ether oxygens (including phenoxy) is 1. The minimum atomic E-state index is -0.414. The topological polar surface area (TPSA) is 38.3 Å². The van der Waals surface area contributed by atoms with Crippen LogP contribution in [-0.4, -0.2) is 18.2 Å². The van der Waals surface area contributed by atoms with Gasteiger partial charge in [-0.1, -0.05) is 6.08 Å². The molecule has 0 aliphatic carbocycles. The maximum absolute atomic E-state index is 11.1. The van der Waals surface area contributed by atoms with Crippen LogP contribution >= 0.6 is 0 Å². The van der Waals surface area contributed by atoms with Crippen molar-refractivity contribution in [2.75, 3.05) is 6.54 Å². The van der Waals surface area contributed by atoms with Gasteiger partial charge in [-0.05, 0) is 33.6 Å². The summed E-state index contributed by atoms with van der Waals surface area (Å²) in [5, 5.41) is 2.67. The van der Waals surface area contributed by atoms with E-state index in [1.165, 1.54) is 0 Å². The Labute approximate surface area is 80.2 Å². The van der Waals surface area contributed by atoms with Crippen molar-refractivity contribution in [2.45, 2.75) is 39.2 Å². The van der Waals surface area contributed by atoms with E-state index in [0.29, 0.717) is 6.54 Å². The van der Waals surface area contributed by atoms with Crippen LogP contribution in [0.1, 0.15) is 33.6 Å². The molecule has 0 fully saturated rings. The van der Waals surface area contributed by atoms with Crippen molar-refractivity contribution in [1.82, 2.24) is 5.32 Å². The fourth-order valence-corrected chi connectivity index (χ4v) is 0.751. The molecule has 1 N–H and O–H groups in total. The molecular formula is C10H19NO2. The van der Waals surface area contributed by atoms with E-state index in [0.717, 1.165) is 12.8 Å². The molecule has 0 rings (SSSR count). The molecule has 0 atom stereocenters. The highest BCUT2D eigenvalue weighted by atomic mass is 16.6. The molecular weight excluding hydrogens is 166 g/mol. The van der Waals surface area contributed by atoms with Crippen LogP contribution in [0.25, 0.3) is 0 Å². The Morgan fingerprint density at radius 3 is 2.62 bits per heavy atom. The SMILES string of the molecule is C=CCCCNC(=O)OC(C)(C)C. The van der Waals surface area contributed by atoms with Crippen LogP contribution < -0.4 is 5.32 Å². The minimum Gasteiger partial charge on any atom is -0.444 e. The summed E-state index contributed by atoms with van der Waals surface area (Å²) < 4.78 is 5.04. The molecule has 0 unspecified atom stereocenters. The highest BCUT2D eigenvalue weighted by Gasteiger charge is 2.14. The first-order chi connectivity index (χ1) is 5.95. The van der Waals surface area contributed by atoms with E-state index < -0.39 is 5.60 Å². The summed E-state index contributed by atoms with van der Waals surface area (Å²) in [7, 11) is 0. The fourth-order valence-electron chi connectivity index (χ4n) is 0.751. The lowest BCUT2D eigenvalue weighted by Gasteiger charge is -2.19. The van der Waals surface area contributed by atoms with Gasteiger partial charge in [0.2, 0.25) is 0 Å². The molecule has 0 saturated heterocycles. The highest BCUT2D eigenvalue weighted by Crippen LogP contribution is 2.06. The van der Waals surface area contributed by atoms with Crippen molar-refractivity contribution in [3.8, 4) is 0 Å². The first-order valence-corrected chi connectivity index (χ1v) is 4.53. The number of nitrogens with one attached hydrogen (secondary N) is 1. The van der Waals surface area contributed by atoms with Crippen molar-refractivity contribution in [3.63, 3.8) is 0 Å². The van der Waals surface area contributed by atoms with Crippen LogP contribution in [0.5, 0.6) is 0 Å². The highest BCUT2D eigenvalue weighted by molar-refractivity contribution is 5.67. The van der Waals surface area contributed by atoms with E-state index in [9.17, 15) is 4.79 Å². The van der Waals surface area contributed by atoms with Gasteiger partial charge in [0.15, 0.2) is 0 Å². The average Bonchev–Trinajstić information content (AvgIpc) is 1.94. The van der Waals surface area contributed by atoms with Crippen LogP contribution in [0.15, 0.2) is 12.7 Å². The van der Waals surface area contributed by atoms with Crippen molar-refractivity contribution in [1.29, 1.82) is 0 Å². The molecule has 76 valence electrons. The molecule has 0 aliphatic rings. The molecule has 3 nitrogen and oxygen atoms in total. The van der Waals surface area contributed by atoms with Gasteiger partial charge < -0.3 is 10.1 Å². The number of hydrogen-bond acceptors (Lipinski definition) is 2. The second kappa shape index (κ2) is 5.62. The molecule has 1 amide bonds. The van der Waals surface area contributed by atoms with E-state index in [2.05, 4.69) is 11.9 Å². The van der Waals surface area contributed by atoms with Crippen molar-refractivity contribution in [2.24, 2.45) is 0 Å². The predicted octanol–water partition coefficient (Wildman–Crippen LogP) is 2.48. The second-order valence-electron chi connectivity index (χ2n) is 3.86. The summed E-state index contributed by atoms with van der Waals surface area (Å²) in [6.07, 6.45) is 3.30. The lowest BCUT2D eigenvalue weighted by atomic mass is 10.2. The summed E-state index contributed by atoms with van der Waals surface area (Å²) in [5.41, 5.74) is -0.414. The lowest BCUT2D eigenvalue weighted by molar-refractivity contribution is 0.0527. The van der Waals surface area contributed by atoms with E-state index in [1.54, 1.807) is 0 Å². The van der Waals surface area contributed by atoms with Gasteiger partial charge in [0.05, 0.1) is 0 Å². The van der Waals surface area contributed by atoms with Crippen LogP contribution in [0.2, 0.25) is 0 Å². The minimum absolute atomic E-state index is 0.350. The molecule has 0 bridgehead atoms. The van der Waals surface area contributed by atoms with Gasteiger partial charge in [-0.25, -0.2) is 4.79 Å². The molecule has 13 heavy (non-hydrogen) atoms. The molecule has 0 aromatic carbocycles. The number of carbonyl (C=O) groups excluding carboxylic acids is 1. The summed E-state index contributed by atoms with van der Waals surface area (Å²) in [5.74, 6) is 0. The van der Waals surface area contributed by atoms with Crippen LogP contribution in [0, 0.1) is 0 Å². The first kappa shape index (κ1) is 12.0. The smallest absolute Gasteiger partial charge is 0.407 e. The molecule has 0 radical (unpaired) electrons. The normalized spacial score (nSPS) is 10.7. The monoisotopic (exact) mass is 185 g/mol. The summed E-state index contributed by atoms with van der Waals surface area (Å²) in [6.45, 7) is 9.76. The third-order valence-electron chi connectivity index (χ3n) is 1.25. The van der Waals surface area contributed by atoms with Crippen LogP contribution in [0.4, 0.5) is 4.79 Å². The molecule has 3 heteroatoms. The predicted molar refractivity (Wildman–Crippen MR) is 53.7 cm³/mol. The molecule has 0 heterocycles. The summed E-state index contributed by atoms with van der Waals surface area (Å²) >= 11 is 0. The third-order valence-corrected chi connectivity index (χ3v) is 1.25. The number of carbonyl (C=O) groups is 1. The Bertz CT molecular complexity index is 170. The second-order valence-corrected chi connectivity index (χ2v) is 3.86. The molecule has 0 aliphatic heterocycles. The van der Waals surface area contributed by atoms with Crippen molar-refractivity contribution < 1.29 is 9.53 Å². The van der Waals surface area contributed by atoms with Crippen molar-refractivity contribution >= 4 is 6.09 Å². The molecule has 0 aromatic rings. The Balaban J connectivity index is 3.47. The summed E-state index contributed by atoms with van der Waals surface area (Å²) in [4.78, 5) is 11.1. The Kier molecular flexibility index (Phi) is 5.19. The number of amides is 1. The van der Waals surface area contributed by atoms with E-state index in [-0.39, 0.29) is 6.09 Å². The number of alkyl carbamates (subject to hydrolysis) is 1. The Hall–Kier alpha value is -0.990. The standard InChI is InChI=1S/C10H19NO2/c1-5-6-7-8-11-9(12)13-10(2,3)4/h5H,1,6-8H2,2-4H3,(H,11,12). The zero-order valence-electron chi connectivity index (χ0n) is 8.72. The average molecular weight is 185 g/mol. The number of unbranched alkanes of at least 4 members (excludes halogenated alkanes) is 1. The summed E-state index contributed by atoms with van der Waals surface area (Å²) in [6, 6.07) is 0. The maximum Gasteiger partial charge on any atom is 0.407 e. The number of allylic oxidation sites excluding steroid dienone is 1. The van der Waals surface area contributed by atoms with Crippen LogP contribution in [0.3, 0.4) is 0 Å². The van der Waals surface area contributed by atoms with Gasteiger partial charge in [-0.3, -0.25) is 0 Å². The molecule has 0 saturated carbocycles.